The Morgan fingerprint density at radius 2 is 1.36 bits per heavy atom. The van der Waals surface area contributed by atoms with E-state index in [2.05, 4.69) is 52.8 Å². The van der Waals surface area contributed by atoms with Crippen molar-refractivity contribution in [2.45, 2.75) is 34.6 Å². The van der Waals surface area contributed by atoms with E-state index in [0.29, 0.717) is 0 Å². The van der Waals surface area contributed by atoms with Gasteiger partial charge in [0.15, 0.2) is 0 Å². The maximum atomic E-state index is 2.20. The summed E-state index contributed by atoms with van der Waals surface area (Å²) in [7, 11) is 0. The molecular formula is C11H18. The van der Waals surface area contributed by atoms with Crippen LogP contribution in [0, 0.1) is 0 Å². The predicted molar refractivity (Wildman–Crippen MR) is 52.6 cm³/mol. The molecule has 0 radical (unpaired) electrons. The highest BCUT2D eigenvalue weighted by atomic mass is 14.0. The summed E-state index contributed by atoms with van der Waals surface area (Å²) in [4.78, 5) is 0. The molecule has 0 saturated heterocycles. The van der Waals surface area contributed by atoms with Gasteiger partial charge in [-0.3, -0.25) is 0 Å². The largest absolute Gasteiger partial charge is 0.0847 e. The molecule has 0 spiro atoms. The minimum absolute atomic E-state index is 1.32. The van der Waals surface area contributed by atoms with Gasteiger partial charge in [0.25, 0.3) is 0 Å². The van der Waals surface area contributed by atoms with Crippen LogP contribution in [0.2, 0.25) is 0 Å². The van der Waals surface area contributed by atoms with Crippen molar-refractivity contribution in [2.24, 2.45) is 0 Å². The standard InChI is InChI=1S/C11H18/c1-6-9(3)8-11(5)10(4)7-2/h6-8H,1-5H3/b9-6+,10-7-,11-8-. The lowest BCUT2D eigenvalue weighted by atomic mass is 10.1. The summed E-state index contributed by atoms with van der Waals surface area (Å²) < 4.78 is 0. The molecule has 0 nitrogen and oxygen atoms in total. The molecule has 0 fully saturated rings. The predicted octanol–water partition coefficient (Wildman–Crippen LogP) is 3.87. The average molecular weight is 150 g/mol. The number of allylic oxidation sites excluding steroid dienone is 6. The summed E-state index contributed by atoms with van der Waals surface area (Å²) in [6, 6.07) is 0. The molecule has 0 bridgehead atoms. The van der Waals surface area contributed by atoms with E-state index in [-0.39, 0.29) is 0 Å². The van der Waals surface area contributed by atoms with Crippen LogP contribution < -0.4 is 0 Å². The van der Waals surface area contributed by atoms with Gasteiger partial charge in [0.2, 0.25) is 0 Å². The first kappa shape index (κ1) is 10.2. The van der Waals surface area contributed by atoms with E-state index in [1.807, 2.05) is 0 Å². The SMILES string of the molecule is C\C=C(C)/C(C)=C\C(C)=C\C. The summed E-state index contributed by atoms with van der Waals surface area (Å²) in [5.74, 6) is 0. The number of hydrogen-bond acceptors (Lipinski definition) is 0. The Kier molecular flexibility index (Phi) is 4.60. The molecule has 0 aliphatic carbocycles. The lowest BCUT2D eigenvalue weighted by Crippen LogP contribution is -1.79. The smallest absolute Gasteiger partial charge is 0.0395 e. The Balaban J connectivity index is 4.47. The quantitative estimate of drug-likeness (QED) is 0.524. The van der Waals surface area contributed by atoms with Gasteiger partial charge in [-0.2, -0.15) is 0 Å². The van der Waals surface area contributed by atoms with Crippen LogP contribution >= 0.6 is 0 Å². The highest BCUT2D eigenvalue weighted by molar-refractivity contribution is 5.33. The topological polar surface area (TPSA) is 0 Å². The second-order valence-corrected chi connectivity index (χ2v) is 2.83. The second kappa shape index (κ2) is 4.95. The fraction of sp³-hybridized carbons (Fsp3) is 0.455. The summed E-state index contributed by atoms with van der Waals surface area (Å²) in [6.45, 7) is 10.5. The van der Waals surface area contributed by atoms with Gasteiger partial charge < -0.3 is 0 Å². The molecule has 0 heteroatoms. The van der Waals surface area contributed by atoms with Crippen molar-refractivity contribution in [1.82, 2.24) is 0 Å². The summed E-state index contributed by atoms with van der Waals surface area (Å²) in [6.07, 6.45) is 6.45. The van der Waals surface area contributed by atoms with E-state index in [0.717, 1.165) is 0 Å². The lowest BCUT2D eigenvalue weighted by Gasteiger charge is -1.99. The van der Waals surface area contributed by atoms with Crippen LogP contribution in [0.5, 0.6) is 0 Å². The Hall–Kier alpha value is -0.780. The van der Waals surface area contributed by atoms with Crippen molar-refractivity contribution >= 4 is 0 Å². The Morgan fingerprint density at radius 3 is 1.73 bits per heavy atom. The van der Waals surface area contributed by atoms with Crippen molar-refractivity contribution in [3.63, 3.8) is 0 Å². The Morgan fingerprint density at radius 1 is 0.818 bits per heavy atom. The second-order valence-electron chi connectivity index (χ2n) is 2.83. The Labute approximate surface area is 70.3 Å². The van der Waals surface area contributed by atoms with Gasteiger partial charge in [0.1, 0.15) is 0 Å². The minimum atomic E-state index is 1.32. The normalized spacial score (nSPS) is 15.5. The van der Waals surface area contributed by atoms with Crippen molar-refractivity contribution in [1.29, 1.82) is 0 Å². The minimum Gasteiger partial charge on any atom is -0.0847 e. The highest BCUT2D eigenvalue weighted by Crippen LogP contribution is 2.10. The van der Waals surface area contributed by atoms with Gasteiger partial charge in [-0.15, -0.1) is 0 Å². The molecule has 62 valence electrons. The maximum Gasteiger partial charge on any atom is -0.0395 e. The molecule has 0 saturated carbocycles. The zero-order valence-electron chi connectivity index (χ0n) is 8.23. The molecule has 0 rings (SSSR count). The van der Waals surface area contributed by atoms with Crippen LogP contribution in [0.1, 0.15) is 34.6 Å². The Bertz CT molecular complexity index is 202. The third-order valence-electron chi connectivity index (χ3n) is 1.95. The first-order valence-corrected chi connectivity index (χ1v) is 4.06. The van der Waals surface area contributed by atoms with Crippen LogP contribution in [0.25, 0.3) is 0 Å². The first-order chi connectivity index (χ1) is 5.11. The van der Waals surface area contributed by atoms with E-state index in [1.165, 1.54) is 16.7 Å². The number of hydrogen-bond donors (Lipinski definition) is 0. The van der Waals surface area contributed by atoms with Gasteiger partial charge in [0, 0.05) is 0 Å². The molecule has 0 amide bonds. The summed E-state index contributed by atoms with van der Waals surface area (Å²) in [5.41, 5.74) is 4.03. The molecule has 0 atom stereocenters. The van der Waals surface area contributed by atoms with Crippen LogP contribution in [0.4, 0.5) is 0 Å². The molecule has 0 aromatic carbocycles. The van der Waals surface area contributed by atoms with Crippen LogP contribution in [-0.4, -0.2) is 0 Å². The number of rotatable bonds is 2. The lowest BCUT2D eigenvalue weighted by molar-refractivity contribution is 1.30. The van der Waals surface area contributed by atoms with Crippen LogP contribution in [0.3, 0.4) is 0 Å². The van der Waals surface area contributed by atoms with Gasteiger partial charge >= 0.3 is 0 Å². The summed E-state index contributed by atoms with van der Waals surface area (Å²) >= 11 is 0. The molecular weight excluding hydrogens is 132 g/mol. The maximum absolute atomic E-state index is 2.20. The molecule has 11 heavy (non-hydrogen) atoms. The van der Waals surface area contributed by atoms with Crippen molar-refractivity contribution < 1.29 is 0 Å². The van der Waals surface area contributed by atoms with E-state index in [9.17, 15) is 0 Å². The molecule has 0 heterocycles. The van der Waals surface area contributed by atoms with Crippen molar-refractivity contribution in [3.05, 3.63) is 34.9 Å². The molecule has 0 aromatic heterocycles. The fourth-order valence-corrected chi connectivity index (χ4v) is 0.766. The van der Waals surface area contributed by atoms with Gasteiger partial charge in [-0.25, -0.2) is 0 Å². The monoisotopic (exact) mass is 150 g/mol. The molecule has 0 N–H and O–H groups in total. The van der Waals surface area contributed by atoms with E-state index < -0.39 is 0 Å². The highest BCUT2D eigenvalue weighted by Gasteiger charge is 1.89. The van der Waals surface area contributed by atoms with E-state index in [1.54, 1.807) is 0 Å². The van der Waals surface area contributed by atoms with Crippen molar-refractivity contribution in [2.75, 3.05) is 0 Å². The zero-order chi connectivity index (χ0) is 8.85. The fourth-order valence-electron chi connectivity index (χ4n) is 0.766. The van der Waals surface area contributed by atoms with Crippen LogP contribution in [0.15, 0.2) is 34.9 Å². The average Bonchev–Trinajstić information content (AvgIpc) is 2.02. The molecule has 0 aliphatic heterocycles. The van der Waals surface area contributed by atoms with Gasteiger partial charge in [0.05, 0.1) is 0 Å². The van der Waals surface area contributed by atoms with E-state index in [4.69, 9.17) is 0 Å². The zero-order valence-corrected chi connectivity index (χ0v) is 8.23. The molecule has 0 unspecified atom stereocenters. The van der Waals surface area contributed by atoms with E-state index >= 15 is 0 Å². The molecule has 0 aliphatic rings. The van der Waals surface area contributed by atoms with Gasteiger partial charge in [-0.1, -0.05) is 29.4 Å². The molecule has 0 aromatic rings. The van der Waals surface area contributed by atoms with Crippen LogP contribution in [-0.2, 0) is 0 Å². The summed E-state index contributed by atoms with van der Waals surface area (Å²) in [5, 5.41) is 0. The third kappa shape index (κ3) is 3.82. The van der Waals surface area contributed by atoms with Gasteiger partial charge in [-0.05, 0) is 40.2 Å². The first-order valence-electron chi connectivity index (χ1n) is 4.06. The third-order valence-corrected chi connectivity index (χ3v) is 1.95. The van der Waals surface area contributed by atoms with Crippen molar-refractivity contribution in [3.8, 4) is 0 Å².